The lowest BCUT2D eigenvalue weighted by Crippen LogP contribution is -2.49. The highest BCUT2D eigenvalue weighted by atomic mass is 16.4. The Bertz CT molecular complexity index is 658. The minimum atomic E-state index is -1.02. The van der Waals surface area contributed by atoms with Crippen LogP contribution in [-0.4, -0.2) is 52.8 Å². The van der Waals surface area contributed by atoms with E-state index < -0.39 is 17.9 Å². The zero-order valence-electron chi connectivity index (χ0n) is 13.1. The summed E-state index contributed by atoms with van der Waals surface area (Å²) < 4.78 is 0. The standard InChI is InChI=1S/C17H20N2O4/c1-18-8-6-12(10-14(18)20)16(21)19-9-7-11-4-2-3-5-13(11)15(19)17(22)23/h2-5,12,15H,6-10H2,1H3,(H,22,23). The molecule has 6 heteroatoms. The number of fused-ring (bicyclic) bond motifs is 1. The van der Waals surface area contributed by atoms with Crippen LogP contribution in [0.3, 0.4) is 0 Å². The number of carboxylic acid groups (broad SMARTS) is 1. The molecule has 2 aliphatic heterocycles. The maximum absolute atomic E-state index is 12.8. The lowest BCUT2D eigenvalue weighted by Gasteiger charge is -2.38. The lowest BCUT2D eigenvalue weighted by molar-refractivity contribution is -0.155. The van der Waals surface area contributed by atoms with Crippen molar-refractivity contribution in [2.45, 2.75) is 25.3 Å². The van der Waals surface area contributed by atoms with Crippen LogP contribution in [0.5, 0.6) is 0 Å². The molecular weight excluding hydrogens is 296 g/mol. The average molecular weight is 316 g/mol. The van der Waals surface area contributed by atoms with Crippen molar-refractivity contribution >= 4 is 17.8 Å². The summed E-state index contributed by atoms with van der Waals surface area (Å²) in [6, 6.07) is 6.40. The molecule has 0 aliphatic carbocycles. The predicted octanol–water partition coefficient (Wildman–Crippen LogP) is 1.07. The van der Waals surface area contributed by atoms with E-state index in [9.17, 15) is 19.5 Å². The number of benzene rings is 1. The number of likely N-dealkylation sites (tertiary alicyclic amines) is 1. The van der Waals surface area contributed by atoms with Crippen molar-refractivity contribution in [1.82, 2.24) is 9.80 Å². The Morgan fingerprint density at radius 2 is 1.96 bits per heavy atom. The van der Waals surface area contributed by atoms with Crippen LogP contribution in [0.1, 0.15) is 30.0 Å². The molecule has 122 valence electrons. The van der Waals surface area contributed by atoms with Gasteiger partial charge < -0.3 is 14.9 Å². The van der Waals surface area contributed by atoms with E-state index in [0.29, 0.717) is 31.5 Å². The predicted molar refractivity (Wildman–Crippen MR) is 82.6 cm³/mol. The van der Waals surface area contributed by atoms with Gasteiger partial charge in [-0.1, -0.05) is 24.3 Å². The molecule has 1 saturated heterocycles. The van der Waals surface area contributed by atoms with Crippen molar-refractivity contribution in [3.8, 4) is 0 Å². The van der Waals surface area contributed by atoms with Gasteiger partial charge in [0.15, 0.2) is 6.04 Å². The molecular formula is C17H20N2O4. The zero-order valence-corrected chi connectivity index (χ0v) is 13.1. The van der Waals surface area contributed by atoms with Gasteiger partial charge in [-0.2, -0.15) is 0 Å². The molecule has 3 rings (SSSR count). The molecule has 23 heavy (non-hydrogen) atoms. The summed E-state index contributed by atoms with van der Waals surface area (Å²) in [5, 5.41) is 9.63. The quantitative estimate of drug-likeness (QED) is 0.885. The molecule has 2 heterocycles. The van der Waals surface area contributed by atoms with E-state index >= 15 is 0 Å². The highest BCUT2D eigenvalue weighted by Gasteiger charge is 2.40. The van der Waals surface area contributed by atoms with Crippen LogP contribution in [0.2, 0.25) is 0 Å². The normalized spacial score (nSPS) is 24.3. The van der Waals surface area contributed by atoms with Gasteiger partial charge in [-0.25, -0.2) is 4.79 Å². The van der Waals surface area contributed by atoms with Gasteiger partial charge in [0.1, 0.15) is 0 Å². The van der Waals surface area contributed by atoms with Gasteiger partial charge >= 0.3 is 5.97 Å². The molecule has 2 atom stereocenters. The van der Waals surface area contributed by atoms with Crippen molar-refractivity contribution in [2.24, 2.45) is 5.92 Å². The second kappa shape index (κ2) is 6.02. The first-order chi connectivity index (χ1) is 11.0. The van der Waals surface area contributed by atoms with Crippen LogP contribution in [0, 0.1) is 5.92 Å². The summed E-state index contributed by atoms with van der Waals surface area (Å²) in [6.45, 7) is 0.921. The summed E-state index contributed by atoms with van der Waals surface area (Å²) in [6.07, 6.45) is 1.40. The van der Waals surface area contributed by atoms with Crippen LogP contribution in [0.25, 0.3) is 0 Å². The van der Waals surface area contributed by atoms with Crippen molar-refractivity contribution in [2.75, 3.05) is 20.1 Å². The molecule has 0 aromatic heterocycles. The number of carbonyl (C=O) groups excluding carboxylic acids is 2. The van der Waals surface area contributed by atoms with Crippen LogP contribution >= 0.6 is 0 Å². The Morgan fingerprint density at radius 1 is 1.22 bits per heavy atom. The number of carboxylic acids is 1. The second-order valence-corrected chi connectivity index (χ2v) is 6.23. The van der Waals surface area contributed by atoms with Crippen LogP contribution in [-0.2, 0) is 20.8 Å². The van der Waals surface area contributed by atoms with Gasteiger partial charge in [-0.3, -0.25) is 9.59 Å². The first-order valence-corrected chi connectivity index (χ1v) is 7.84. The number of amides is 2. The Kier molecular flexibility index (Phi) is 4.07. The molecule has 1 N–H and O–H groups in total. The van der Waals surface area contributed by atoms with E-state index in [-0.39, 0.29) is 18.2 Å². The third kappa shape index (κ3) is 2.81. The minimum absolute atomic E-state index is 0.0566. The van der Waals surface area contributed by atoms with Gasteiger partial charge in [0, 0.05) is 32.5 Å². The van der Waals surface area contributed by atoms with E-state index in [1.807, 2.05) is 12.1 Å². The van der Waals surface area contributed by atoms with E-state index in [0.717, 1.165) is 5.56 Å². The fourth-order valence-electron chi connectivity index (χ4n) is 3.46. The summed E-state index contributed by atoms with van der Waals surface area (Å²) in [7, 11) is 1.72. The minimum Gasteiger partial charge on any atom is -0.479 e. The molecule has 1 aromatic carbocycles. The highest BCUT2D eigenvalue weighted by molar-refractivity contribution is 5.90. The topological polar surface area (TPSA) is 77.9 Å². The van der Waals surface area contributed by atoms with Gasteiger partial charge in [0.25, 0.3) is 0 Å². The molecule has 0 spiro atoms. The molecule has 1 fully saturated rings. The van der Waals surface area contributed by atoms with Gasteiger partial charge in [-0.05, 0) is 24.0 Å². The maximum Gasteiger partial charge on any atom is 0.331 e. The second-order valence-electron chi connectivity index (χ2n) is 6.23. The molecule has 0 radical (unpaired) electrons. The fraction of sp³-hybridized carbons (Fsp3) is 0.471. The van der Waals surface area contributed by atoms with Crippen molar-refractivity contribution in [1.29, 1.82) is 0 Å². The first-order valence-electron chi connectivity index (χ1n) is 7.84. The largest absolute Gasteiger partial charge is 0.479 e. The number of piperidine rings is 1. The van der Waals surface area contributed by atoms with Crippen LogP contribution in [0.15, 0.2) is 24.3 Å². The molecule has 0 saturated carbocycles. The fourth-order valence-corrected chi connectivity index (χ4v) is 3.46. The van der Waals surface area contributed by atoms with E-state index in [1.54, 1.807) is 24.1 Å². The third-order valence-electron chi connectivity index (χ3n) is 4.81. The van der Waals surface area contributed by atoms with Crippen molar-refractivity contribution < 1.29 is 19.5 Å². The van der Waals surface area contributed by atoms with Crippen LogP contribution in [0.4, 0.5) is 0 Å². The summed E-state index contributed by atoms with van der Waals surface area (Å²) in [4.78, 5) is 39.5. The first kappa shape index (κ1) is 15.5. The summed E-state index contributed by atoms with van der Waals surface area (Å²) >= 11 is 0. The number of hydrogen-bond donors (Lipinski definition) is 1. The molecule has 2 aliphatic rings. The van der Waals surface area contributed by atoms with Gasteiger partial charge in [0.2, 0.25) is 11.8 Å². The Balaban J connectivity index is 1.86. The lowest BCUT2D eigenvalue weighted by atomic mass is 9.89. The molecule has 6 nitrogen and oxygen atoms in total. The Morgan fingerprint density at radius 3 is 2.65 bits per heavy atom. The van der Waals surface area contributed by atoms with E-state index in [4.69, 9.17) is 0 Å². The molecule has 2 amide bonds. The van der Waals surface area contributed by atoms with E-state index in [2.05, 4.69) is 0 Å². The van der Waals surface area contributed by atoms with Gasteiger partial charge in [-0.15, -0.1) is 0 Å². The monoisotopic (exact) mass is 316 g/mol. The number of rotatable bonds is 2. The number of nitrogens with zero attached hydrogens (tertiary/aromatic N) is 2. The van der Waals surface area contributed by atoms with Crippen molar-refractivity contribution in [3.05, 3.63) is 35.4 Å². The average Bonchev–Trinajstić information content (AvgIpc) is 2.55. The smallest absolute Gasteiger partial charge is 0.331 e. The number of carbonyl (C=O) groups is 3. The van der Waals surface area contributed by atoms with Gasteiger partial charge in [0.05, 0.1) is 0 Å². The summed E-state index contributed by atoms with van der Waals surface area (Å²) in [5.41, 5.74) is 1.65. The van der Waals surface area contributed by atoms with Crippen LogP contribution < -0.4 is 0 Å². The third-order valence-corrected chi connectivity index (χ3v) is 4.81. The zero-order chi connectivity index (χ0) is 16.6. The molecule has 0 bridgehead atoms. The Labute approximate surface area is 134 Å². The van der Waals surface area contributed by atoms with Crippen molar-refractivity contribution in [3.63, 3.8) is 0 Å². The number of hydrogen-bond acceptors (Lipinski definition) is 3. The molecule has 2 unspecified atom stereocenters. The number of aliphatic carboxylic acids is 1. The molecule has 1 aromatic rings. The summed E-state index contributed by atoms with van der Waals surface area (Å²) in [5.74, 6) is -1.71. The van der Waals surface area contributed by atoms with E-state index in [1.165, 1.54) is 4.90 Å². The SMILES string of the molecule is CN1CCC(C(=O)N2CCc3ccccc3C2C(=O)O)CC1=O. The maximum atomic E-state index is 12.8. The Hall–Kier alpha value is -2.37. The highest BCUT2D eigenvalue weighted by Crippen LogP contribution is 2.32.